The Bertz CT molecular complexity index is 1010. The number of carbonyl (C=O) groups excluding carboxylic acids is 2. The van der Waals surface area contributed by atoms with Gasteiger partial charge >= 0.3 is 5.97 Å². The summed E-state index contributed by atoms with van der Waals surface area (Å²) in [5.74, 6) is 0.506. The number of ketones is 1. The Kier molecular flexibility index (Phi) is 5.90. The third-order valence-electron chi connectivity index (χ3n) is 4.37. The van der Waals surface area contributed by atoms with Gasteiger partial charge in [0, 0.05) is 11.1 Å². The van der Waals surface area contributed by atoms with E-state index in [0.717, 1.165) is 11.1 Å². The molecular formula is C24H22O4. The monoisotopic (exact) mass is 374 g/mol. The summed E-state index contributed by atoms with van der Waals surface area (Å²) in [5.41, 5.74) is 3.98. The van der Waals surface area contributed by atoms with Crippen LogP contribution in [0.2, 0.25) is 0 Å². The minimum Gasteiger partial charge on any atom is -0.482 e. The Morgan fingerprint density at radius 3 is 2.11 bits per heavy atom. The SMILES string of the molecule is Cc1ccc(OCC(=O)Oc2ccc(C(=O)c3ccccc3)cc2C)c(C)c1. The van der Waals surface area contributed by atoms with Crippen molar-refractivity contribution in [3.63, 3.8) is 0 Å². The number of rotatable bonds is 6. The summed E-state index contributed by atoms with van der Waals surface area (Å²) in [4.78, 5) is 24.7. The van der Waals surface area contributed by atoms with Crippen LogP contribution in [0.25, 0.3) is 0 Å². The van der Waals surface area contributed by atoms with Gasteiger partial charge in [-0.1, -0.05) is 48.0 Å². The van der Waals surface area contributed by atoms with E-state index in [1.165, 1.54) is 0 Å². The molecule has 3 aromatic carbocycles. The lowest BCUT2D eigenvalue weighted by molar-refractivity contribution is -0.136. The van der Waals surface area contributed by atoms with Crippen LogP contribution in [0.1, 0.15) is 32.6 Å². The van der Waals surface area contributed by atoms with E-state index in [2.05, 4.69) is 0 Å². The molecule has 0 bridgehead atoms. The van der Waals surface area contributed by atoms with Crippen molar-refractivity contribution in [1.82, 2.24) is 0 Å². The number of aryl methyl sites for hydroxylation is 3. The molecule has 0 saturated heterocycles. The van der Waals surface area contributed by atoms with Gasteiger partial charge in [0.1, 0.15) is 11.5 Å². The van der Waals surface area contributed by atoms with Crippen molar-refractivity contribution in [2.45, 2.75) is 20.8 Å². The third kappa shape index (κ3) is 4.65. The van der Waals surface area contributed by atoms with E-state index < -0.39 is 5.97 Å². The predicted molar refractivity (Wildman–Crippen MR) is 108 cm³/mol. The molecule has 0 spiro atoms. The first-order valence-corrected chi connectivity index (χ1v) is 9.05. The summed E-state index contributed by atoms with van der Waals surface area (Å²) in [6.45, 7) is 5.55. The van der Waals surface area contributed by atoms with Crippen molar-refractivity contribution in [3.05, 3.63) is 94.5 Å². The van der Waals surface area contributed by atoms with E-state index in [-0.39, 0.29) is 12.4 Å². The largest absolute Gasteiger partial charge is 0.482 e. The quantitative estimate of drug-likeness (QED) is 0.352. The maximum absolute atomic E-state index is 12.5. The van der Waals surface area contributed by atoms with Gasteiger partial charge in [0.05, 0.1) is 0 Å². The maximum atomic E-state index is 12.5. The molecule has 3 rings (SSSR count). The molecule has 4 nitrogen and oxygen atoms in total. The lowest BCUT2D eigenvalue weighted by Gasteiger charge is -2.11. The summed E-state index contributed by atoms with van der Waals surface area (Å²) < 4.78 is 11.0. The molecule has 0 aliphatic carbocycles. The first-order chi connectivity index (χ1) is 13.4. The van der Waals surface area contributed by atoms with Crippen LogP contribution in [0.3, 0.4) is 0 Å². The van der Waals surface area contributed by atoms with Gasteiger partial charge in [-0.25, -0.2) is 4.79 Å². The molecule has 0 radical (unpaired) electrons. The van der Waals surface area contributed by atoms with Crippen molar-refractivity contribution in [1.29, 1.82) is 0 Å². The zero-order valence-electron chi connectivity index (χ0n) is 16.2. The molecule has 0 N–H and O–H groups in total. The Labute approximate surface area is 164 Å². The molecule has 3 aromatic rings. The van der Waals surface area contributed by atoms with Crippen molar-refractivity contribution in [2.24, 2.45) is 0 Å². The first kappa shape index (κ1) is 19.4. The van der Waals surface area contributed by atoms with Gasteiger partial charge < -0.3 is 9.47 Å². The molecule has 0 amide bonds. The molecule has 0 saturated carbocycles. The zero-order valence-corrected chi connectivity index (χ0v) is 16.2. The van der Waals surface area contributed by atoms with Crippen molar-refractivity contribution >= 4 is 11.8 Å². The van der Waals surface area contributed by atoms with Crippen LogP contribution in [0.4, 0.5) is 0 Å². The predicted octanol–water partition coefficient (Wildman–Crippen LogP) is 4.83. The van der Waals surface area contributed by atoms with E-state index in [1.54, 1.807) is 37.3 Å². The highest BCUT2D eigenvalue weighted by molar-refractivity contribution is 6.09. The Morgan fingerprint density at radius 2 is 1.43 bits per heavy atom. The van der Waals surface area contributed by atoms with Crippen molar-refractivity contribution in [2.75, 3.05) is 6.61 Å². The second kappa shape index (κ2) is 8.53. The Hall–Kier alpha value is -3.40. The smallest absolute Gasteiger partial charge is 0.349 e. The minimum absolute atomic E-state index is 0.0697. The van der Waals surface area contributed by atoms with E-state index in [0.29, 0.717) is 28.2 Å². The second-order valence-electron chi connectivity index (χ2n) is 6.71. The topological polar surface area (TPSA) is 52.6 Å². The normalized spacial score (nSPS) is 10.4. The van der Waals surface area contributed by atoms with Gasteiger partial charge in [-0.05, 0) is 56.2 Å². The zero-order chi connectivity index (χ0) is 20.1. The van der Waals surface area contributed by atoms with Crippen LogP contribution in [0, 0.1) is 20.8 Å². The Morgan fingerprint density at radius 1 is 0.750 bits per heavy atom. The van der Waals surface area contributed by atoms with Gasteiger partial charge in [0.15, 0.2) is 12.4 Å². The molecule has 0 unspecified atom stereocenters. The molecule has 28 heavy (non-hydrogen) atoms. The fraction of sp³-hybridized carbons (Fsp3) is 0.167. The summed E-state index contributed by atoms with van der Waals surface area (Å²) in [6, 6.07) is 19.9. The lowest BCUT2D eigenvalue weighted by Crippen LogP contribution is -2.18. The maximum Gasteiger partial charge on any atom is 0.349 e. The second-order valence-corrected chi connectivity index (χ2v) is 6.71. The van der Waals surface area contributed by atoms with Crippen LogP contribution in [-0.4, -0.2) is 18.4 Å². The van der Waals surface area contributed by atoms with Gasteiger partial charge in [-0.2, -0.15) is 0 Å². The van der Waals surface area contributed by atoms with Crippen LogP contribution in [-0.2, 0) is 4.79 Å². The van der Waals surface area contributed by atoms with Crippen LogP contribution < -0.4 is 9.47 Å². The van der Waals surface area contributed by atoms with Gasteiger partial charge in [0.2, 0.25) is 0 Å². The summed E-state index contributed by atoms with van der Waals surface area (Å²) in [6.07, 6.45) is 0. The van der Waals surface area contributed by atoms with E-state index in [4.69, 9.17) is 9.47 Å². The van der Waals surface area contributed by atoms with E-state index in [9.17, 15) is 9.59 Å². The van der Waals surface area contributed by atoms with Crippen LogP contribution in [0.15, 0.2) is 66.7 Å². The minimum atomic E-state index is -0.495. The number of carbonyl (C=O) groups is 2. The lowest BCUT2D eigenvalue weighted by atomic mass is 10.0. The molecular weight excluding hydrogens is 352 g/mol. The van der Waals surface area contributed by atoms with Gasteiger partial charge in [-0.3, -0.25) is 4.79 Å². The summed E-state index contributed by atoms with van der Waals surface area (Å²) in [7, 11) is 0. The number of esters is 1. The fourth-order valence-electron chi connectivity index (χ4n) is 2.91. The molecule has 0 heterocycles. The molecule has 0 fully saturated rings. The van der Waals surface area contributed by atoms with Crippen molar-refractivity contribution in [3.8, 4) is 11.5 Å². The van der Waals surface area contributed by atoms with E-state index >= 15 is 0 Å². The molecule has 0 aliphatic rings. The standard InChI is InChI=1S/C24H22O4/c1-16-9-11-21(17(2)13-16)27-15-23(25)28-22-12-10-20(14-18(22)3)24(26)19-7-5-4-6-8-19/h4-14H,15H2,1-3H3. The van der Waals surface area contributed by atoms with Crippen LogP contribution in [0.5, 0.6) is 11.5 Å². The molecule has 4 heteroatoms. The van der Waals surface area contributed by atoms with Crippen molar-refractivity contribution < 1.29 is 19.1 Å². The number of hydrogen-bond donors (Lipinski definition) is 0. The number of benzene rings is 3. The highest BCUT2D eigenvalue weighted by Crippen LogP contribution is 2.22. The van der Waals surface area contributed by atoms with Crippen LogP contribution >= 0.6 is 0 Å². The first-order valence-electron chi connectivity index (χ1n) is 9.05. The molecule has 0 aromatic heterocycles. The fourth-order valence-corrected chi connectivity index (χ4v) is 2.91. The molecule has 0 aliphatic heterocycles. The molecule has 0 atom stereocenters. The summed E-state index contributed by atoms with van der Waals surface area (Å²) in [5, 5.41) is 0. The molecule has 142 valence electrons. The van der Waals surface area contributed by atoms with E-state index in [1.807, 2.05) is 50.2 Å². The average molecular weight is 374 g/mol. The van der Waals surface area contributed by atoms with Gasteiger partial charge in [-0.15, -0.1) is 0 Å². The Balaban J connectivity index is 1.64. The van der Waals surface area contributed by atoms with Gasteiger partial charge in [0.25, 0.3) is 0 Å². The highest BCUT2D eigenvalue weighted by atomic mass is 16.6. The number of hydrogen-bond acceptors (Lipinski definition) is 4. The average Bonchev–Trinajstić information content (AvgIpc) is 2.69. The summed E-state index contributed by atoms with van der Waals surface area (Å²) >= 11 is 0. The highest BCUT2D eigenvalue weighted by Gasteiger charge is 2.13. The number of ether oxygens (including phenoxy) is 2. The third-order valence-corrected chi connectivity index (χ3v) is 4.37.